The lowest BCUT2D eigenvalue weighted by atomic mass is 9.78. The monoisotopic (exact) mass is 269 g/mol. The summed E-state index contributed by atoms with van der Waals surface area (Å²) in [6.45, 7) is 5.95. The Morgan fingerprint density at radius 3 is 3.06 bits per heavy atom. The van der Waals surface area contributed by atoms with Crippen molar-refractivity contribution in [2.24, 2.45) is 10.9 Å². The summed E-state index contributed by atoms with van der Waals surface area (Å²) < 4.78 is 5.36. The van der Waals surface area contributed by atoms with Crippen molar-refractivity contribution in [3.63, 3.8) is 0 Å². The number of aliphatic imine (C=N–C) groups is 1. The van der Waals surface area contributed by atoms with E-state index >= 15 is 0 Å². The highest BCUT2D eigenvalue weighted by Crippen LogP contribution is 2.41. The van der Waals surface area contributed by atoms with Crippen LogP contribution in [0.1, 0.15) is 32.6 Å². The zero-order valence-electron chi connectivity index (χ0n) is 11.2. The summed E-state index contributed by atoms with van der Waals surface area (Å²) in [7, 11) is 0. The number of nitrogens with zero attached hydrogens (tertiary/aromatic N) is 2. The van der Waals surface area contributed by atoms with Crippen LogP contribution in [-0.2, 0) is 4.74 Å². The van der Waals surface area contributed by atoms with Gasteiger partial charge in [0.05, 0.1) is 18.8 Å². The van der Waals surface area contributed by atoms with Gasteiger partial charge >= 0.3 is 0 Å². The Hall–Kier alpha value is -0.260. The van der Waals surface area contributed by atoms with Crippen LogP contribution in [0, 0.1) is 5.92 Å². The van der Waals surface area contributed by atoms with Gasteiger partial charge in [-0.3, -0.25) is 10.4 Å². The average Bonchev–Trinajstić information content (AvgIpc) is 2.73. The number of thioether (sulfide) groups is 1. The molecular weight excluding hydrogens is 246 g/mol. The second-order valence-electron chi connectivity index (χ2n) is 5.84. The molecule has 102 valence electrons. The molecule has 0 aromatic rings. The number of ether oxygens (including phenoxy) is 1. The van der Waals surface area contributed by atoms with Gasteiger partial charge in [0.1, 0.15) is 0 Å². The summed E-state index contributed by atoms with van der Waals surface area (Å²) in [5.74, 6) is 2.01. The minimum absolute atomic E-state index is 0.247. The van der Waals surface area contributed by atoms with Crippen LogP contribution in [-0.4, -0.2) is 47.8 Å². The molecule has 1 spiro atoms. The van der Waals surface area contributed by atoms with Gasteiger partial charge in [0.2, 0.25) is 0 Å². The maximum atomic E-state index is 5.36. The zero-order valence-corrected chi connectivity index (χ0v) is 12.0. The first-order chi connectivity index (χ1) is 8.76. The molecule has 5 heteroatoms. The second kappa shape index (κ2) is 5.39. The molecule has 0 aromatic carbocycles. The van der Waals surface area contributed by atoms with Crippen LogP contribution in [0.2, 0.25) is 0 Å². The Morgan fingerprint density at radius 1 is 1.44 bits per heavy atom. The van der Waals surface area contributed by atoms with Crippen LogP contribution in [0.5, 0.6) is 0 Å². The third-order valence-corrected chi connectivity index (χ3v) is 5.29. The molecule has 18 heavy (non-hydrogen) atoms. The second-order valence-corrected chi connectivity index (χ2v) is 6.81. The molecule has 0 amide bonds. The molecule has 2 fully saturated rings. The zero-order chi connectivity index (χ0) is 12.4. The van der Waals surface area contributed by atoms with Gasteiger partial charge in [0.15, 0.2) is 5.17 Å². The van der Waals surface area contributed by atoms with Crippen LogP contribution in [0.15, 0.2) is 4.99 Å². The van der Waals surface area contributed by atoms with Crippen molar-refractivity contribution in [3.8, 4) is 0 Å². The molecule has 0 bridgehead atoms. The van der Waals surface area contributed by atoms with Crippen LogP contribution in [0.3, 0.4) is 0 Å². The summed E-state index contributed by atoms with van der Waals surface area (Å²) in [6.07, 6.45) is 5.27. The van der Waals surface area contributed by atoms with Gasteiger partial charge < -0.3 is 4.74 Å². The Bertz CT molecular complexity index is 330. The lowest BCUT2D eigenvalue weighted by molar-refractivity contribution is 0.0253. The van der Waals surface area contributed by atoms with Gasteiger partial charge in [0.25, 0.3) is 0 Å². The maximum Gasteiger partial charge on any atom is 0.171 e. The highest BCUT2D eigenvalue weighted by molar-refractivity contribution is 8.14. The van der Waals surface area contributed by atoms with E-state index in [1.54, 1.807) is 0 Å². The van der Waals surface area contributed by atoms with E-state index in [4.69, 9.17) is 9.73 Å². The highest BCUT2D eigenvalue weighted by atomic mass is 32.2. The number of hydrazine groups is 1. The quantitative estimate of drug-likeness (QED) is 0.788. The van der Waals surface area contributed by atoms with E-state index in [-0.39, 0.29) is 5.54 Å². The summed E-state index contributed by atoms with van der Waals surface area (Å²) in [5, 5.41) is 3.37. The van der Waals surface area contributed by atoms with Crippen molar-refractivity contribution in [2.45, 2.75) is 38.1 Å². The van der Waals surface area contributed by atoms with Crippen molar-refractivity contribution in [3.05, 3.63) is 0 Å². The number of hydrogen-bond acceptors (Lipinski definition) is 5. The van der Waals surface area contributed by atoms with Crippen LogP contribution < -0.4 is 5.43 Å². The van der Waals surface area contributed by atoms with Crippen molar-refractivity contribution >= 4 is 16.9 Å². The van der Waals surface area contributed by atoms with Crippen LogP contribution >= 0.6 is 11.8 Å². The van der Waals surface area contributed by atoms with Gasteiger partial charge in [-0.25, -0.2) is 5.01 Å². The van der Waals surface area contributed by atoms with E-state index < -0.39 is 0 Å². The minimum Gasteiger partial charge on any atom is -0.379 e. The molecule has 2 atom stereocenters. The van der Waals surface area contributed by atoms with Crippen molar-refractivity contribution in [2.75, 3.05) is 32.1 Å². The van der Waals surface area contributed by atoms with E-state index in [0.29, 0.717) is 0 Å². The minimum atomic E-state index is 0.247. The van der Waals surface area contributed by atoms with E-state index in [0.717, 1.165) is 37.4 Å². The third kappa shape index (κ3) is 2.83. The molecule has 3 rings (SSSR count). The lowest BCUT2D eigenvalue weighted by Crippen LogP contribution is -2.47. The molecular formula is C13H23N3OS. The first-order valence-corrected chi connectivity index (χ1v) is 8.06. The number of morpholine rings is 1. The molecule has 1 saturated heterocycles. The molecule has 1 N–H and O–H groups in total. The first kappa shape index (κ1) is 12.8. The molecule has 0 radical (unpaired) electrons. The Balaban J connectivity index is 1.60. The number of rotatable bonds is 1. The Morgan fingerprint density at radius 2 is 2.28 bits per heavy atom. The van der Waals surface area contributed by atoms with E-state index in [9.17, 15) is 0 Å². The summed E-state index contributed by atoms with van der Waals surface area (Å²) in [5.41, 5.74) is 3.72. The molecule has 3 aliphatic rings. The van der Waals surface area contributed by atoms with Gasteiger partial charge in [-0.1, -0.05) is 31.5 Å². The van der Waals surface area contributed by atoms with E-state index in [1.807, 2.05) is 11.8 Å². The molecule has 2 unspecified atom stereocenters. The van der Waals surface area contributed by atoms with E-state index in [2.05, 4.69) is 17.4 Å². The standard InChI is InChI=1S/C13H23N3OS/c1-11-3-2-4-13(9-11)10-18-12(14-13)15-16-5-7-17-8-6-16/h11H,2-10H2,1H3,(H,14,15). The predicted octanol–water partition coefficient (Wildman–Crippen LogP) is 1.87. The largest absolute Gasteiger partial charge is 0.379 e. The van der Waals surface area contributed by atoms with E-state index in [1.165, 1.54) is 31.4 Å². The molecule has 1 aliphatic carbocycles. The fraction of sp³-hybridized carbons (Fsp3) is 0.923. The van der Waals surface area contributed by atoms with Crippen molar-refractivity contribution in [1.82, 2.24) is 10.4 Å². The normalized spacial score (nSPS) is 37.8. The molecule has 2 heterocycles. The number of amidine groups is 1. The fourth-order valence-electron chi connectivity index (χ4n) is 3.22. The topological polar surface area (TPSA) is 36.9 Å². The third-order valence-electron chi connectivity index (χ3n) is 4.15. The Kier molecular flexibility index (Phi) is 3.82. The van der Waals surface area contributed by atoms with Crippen LogP contribution in [0.4, 0.5) is 0 Å². The number of hydrogen-bond donors (Lipinski definition) is 1. The molecule has 4 nitrogen and oxygen atoms in total. The van der Waals surface area contributed by atoms with Crippen molar-refractivity contribution < 1.29 is 4.74 Å². The van der Waals surface area contributed by atoms with Gasteiger partial charge in [-0.2, -0.15) is 0 Å². The van der Waals surface area contributed by atoms with Crippen molar-refractivity contribution in [1.29, 1.82) is 0 Å². The van der Waals surface area contributed by atoms with Crippen LogP contribution in [0.25, 0.3) is 0 Å². The highest BCUT2D eigenvalue weighted by Gasteiger charge is 2.39. The average molecular weight is 269 g/mol. The van der Waals surface area contributed by atoms with Gasteiger partial charge in [-0.05, 0) is 18.8 Å². The SMILES string of the molecule is CC1CCCC2(CSC(NN3CCOCC3)=N2)C1. The van der Waals surface area contributed by atoms with Gasteiger partial charge in [-0.15, -0.1) is 0 Å². The fourth-order valence-corrected chi connectivity index (χ4v) is 4.40. The predicted molar refractivity (Wildman–Crippen MR) is 75.8 cm³/mol. The molecule has 0 aromatic heterocycles. The molecule has 1 saturated carbocycles. The smallest absolute Gasteiger partial charge is 0.171 e. The summed E-state index contributed by atoms with van der Waals surface area (Å²) >= 11 is 1.90. The maximum absolute atomic E-state index is 5.36. The molecule has 2 aliphatic heterocycles. The van der Waals surface area contributed by atoms with Gasteiger partial charge in [0, 0.05) is 18.8 Å². The summed E-state index contributed by atoms with van der Waals surface area (Å²) in [6, 6.07) is 0. The first-order valence-electron chi connectivity index (χ1n) is 7.08. The lowest BCUT2D eigenvalue weighted by Gasteiger charge is -2.33. The Labute approximate surface area is 114 Å². The summed E-state index contributed by atoms with van der Waals surface area (Å²) in [4.78, 5) is 5.01. The number of nitrogens with one attached hydrogen (secondary N) is 1.